The second-order valence-electron chi connectivity index (χ2n) is 7.73. The van der Waals surface area contributed by atoms with Gasteiger partial charge in [0.05, 0.1) is 29.3 Å². The zero-order valence-corrected chi connectivity index (χ0v) is 22.5. The Balaban J connectivity index is 1.62. The lowest BCUT2D eigenvalue weighted by Crippen LogP contribution is -2.20. The molecule has 4 rings (SSSR count). The summed E-state index contributed by atoms with van der Waals surface area (Å²) >= 11 is 6.93. The number of nitrogens with zero attached hydrogens (tertiary/aromatic N) is 3. The van der Waals surface area contributed by atoms with Crippen LogP contribution in [0.4, 0.5) is 0 Å². The molecule has 3 aromatic carbocycles. The zero-order valence-electron chi connectivity index (χ0n) is 19.4. The number of hydrogen-bond donors (Lipinski definition) is 1. The van der Waals surface area contributed by atoms with E-state index in [1.165, 1.54) is 16.8 Å². The summed E-state index contributed by atoms with van der Waals surface area (Å²) in [4.78, 5) is 28.5. The van der Waals surface area contributed by atoms with Crippen molar-refractivity contribution in [3.8, 4) is 11.5 Å². The van der Waals surface area contributed by atoms with Crippen LogP contribution in [0.5, 0.6) is 11.5 Å². The highest BCUT2D eigenvalue weighted by Crippen LogP contribution is 2.34. The number of aryl methyl sites for hydroxylation is 1. The van der Waals surface area contributed by atoms with E-state index in [-0.39, 0.29) is 17.7 Å². The molecule has 0 fully saturated rings. The Morgan fingerprint density at radius 1 is 1.08 bits per heavy atom. The van der Waals surface area contributed by atoms with E-state index in [1.54, 1.807) is 49.5 Å². The molecule has 0 unspecified atom stereocenters. The van der Waals surface area contributed by atoms with Crippen molar-refractivity contribution in [3.63, 3.8) is 0 Å². The van der Waals surface area contributed by atoms with Gasteiger partial charge >= 0.3 is 5.97 Å². The number of benzene rings is 3. The molecule has 4 aromatic rings. The van der Waals surface area contributed by atoms with E-state index in [9.17, 15) is 9.59 Å². The summed E-state index contributed by atoms with van der Waals surface area (Å²) in [6, 6.07) is 15.4. The highest BCUT2D eigenvalue weighted by Gasteiger charge is 2.12. The summed E-state index contributed by atoms with van der Waals surface area (Å²) in [6.45, 7) is 4.24. The average Bonchev–Trinajstić information content (AvgIpc) is 2.85. The van der Waals surface area contributed by atoms with Crippen LogP contribution in [0.25, 0.3) is 10.9 Å². The molecule has 0 spiro atoms. The SMILES string of the molecule is CCOc1cc(C=Nn2c(C)nc3ccc(Br)cc3c2=O)c(Br)cc1OCc1ccc(C(=O)O)cc1. The van der Waals surface area contributed by atoms with Crippen molar-refractivity contribution < 1.29 is 19.4 Å². The van der Waals surface area contributed by atoms with Gasteiger partial charge in [0.25, 0.3) is 5.56 Å². The third-order valence-corrected chi connectivity index (χ3v) is 6.42. The topological polar surface area (TPSA) is 103 Å². The first-order valence-electron chi connectivity index (χ1n) is 10.9. The van der Waals surface area contributed by atoms with Crippen LogP contribution in [-0.2, 0) is 6.61 Å². The van der Waals surface area contributed by atoms with E-state index in [1.807, 2.05) is 13.0 Å². The van der Waals surface area contributed by atoms with Crippen molar-refractivity contribution in [1.29, 1.82) is 0 Å². The minimum absolute atomic E-state index is 0.212. The summed E-state index contributed by atoms with van der Waals surface area (Å²) < 4.78 is 14.5. The number of halogens is 2. The Kier molecular flexibility index (Phi) is 7.85. The van der Waals surface area contributed by atoms with Crippen LogP contribution < -0.4 is 15.0 Å². The summed E-state index contributed by atoms with van der Waals surface area (Å²) in [5, 5.41) is 13.9. The van der Waals surface area contributed by atoms with Crippen molar-refractivity contribution in [2.45, 2.75) is 20.5 Å². The fourth-order valence-electron chi connectivity index (χ4n) is 3.45. The van der Waals surface area contributed by atoms with Crippen molar-refractivity contribution in [2.24, 2.45) is 5.10 Å². The molecule has 0 atom stereocenters. The Hall–Kier alpha value is -3.50. The Morgan fingerprint density at radius 3 is 2.50 bits per heavy atom. The van der Waals surface area contributed by atoms with Crippen LogP contribution in [0, 0.1) is 6.92 Å². The number of fused-ring (bicyclic) bond motifs is 1. The second kappa shape index (κ2) is 11.0. The molecule has 0 saturated carbocycles. The standard InChI is InChI=1S/C26H21Br2N3O5/c1-3-35-23-10-18(13-29-31-15(2)30-22-9-8-19(27)11-20(22)25(31)32)21(28)12-24(23)36-14-16-4-6-17(7-5-16)26(33)34/h4-13H,3,14H2,1-2H3,(H,33,34). The second-order valence-corrected chi connectivity index (χ2v) is 9.50. The third-order valence-electron chi connectivity index (χ3n) is 5.24. The summed E-state index contributed by atoms with van der Waals surface area (Å²) in [6.07, 6.45) is 1.56. The van der Waals surface area contributed by atoms with Crippen LogP contribution in [0.1, 0.15) is 34.2 Å². The maximum absolute atomic E-state index is 13.0. The van der Waals surface area contributed by atoms with Crippen molar-refractivity contribution in [2.75, 3.05) is 6.61 Å². The van der Waals surface area contributed by atoms with Gasteiger partial charge in [0.1, 0.15) is 12.4 Å². The number of carboxylic acid groups (broad SMARTS) is 1. The number of ether oxygens (including phenoxy) is 2. The largest absolute Gasteiger partial charge is 0.490 e. The molecule has 1 heterocycles. The Labute approximate surface area is 223 Å². The predicted molar refractivity (Wildman–Crippen MR) is 144 cm³/mol. The monoisotopic (exact) mass is 613 g/mol. The highest BCUT2D eigenvalue weighted by atomic mass is 79.9. The molecule has 36 heavy (non-hydrogen) atoms. The first kappa shape index (κ1) is 25.6. The third kappa shape index (κ3) is 5.66. The molecule has 10 heteroatoms. The molecule has 0 amide bonds. The molecular formula is C26H21Br2N3O5. The highest BCUT2D eigenvalue weighted by molar-refractivity contribution is 9.10. The van der Waals surface area contributed by atoms with Gasteiger partial charge in [0.2, 0.25) is 0 Å². The van der Waals surface area contributed by atoms with Gasteiger partial charge in [-0.15, -0.1) is 0 Å². The molecule has 1 aromatic heterocycles. The van der Waals surface area contributed by atoms with Gasteiger partial charge < -0.3 is 14.6 Å². The number of aromatic carboxylic acids is 1. The van der Waals surface area contributed by atoms with Crippen LogP contribution in [0.3, 0.4) is 0 Å². The van der Waals surface area contributed by atoms with Gasteiger partial charge in [-0.1, -0.05) is 28.1 Å². The van der Waals surface area contributed by atoms with Crippen molar-refractivity contribution in [3.05, 3.63) is 96.4 Å². The summed E-state index contributed by atoms with van der Waals surface area (Å²) in [5.41, 5.74) is 2.03. The van der Waals surface area contributed by atoms with Gasteiger partial charge in [-0.3, -0.25) is 4.79 Å². The quantitative estimate of drug-likeness (QED) is 0.252. The molecule has 0 aliphatic rings. The Bertz CT molecular complexity index is 1530. The van der Waals surface area contributed by atoms with E-state index in [4.69, 9.17) is 14.6 Å². The van der Waals surface area contributed by atoms with E-state index in [2.05, 4.69) is 41.9 Å². The van der Waals surface area contributed by atoms with Gasteiger partial charge in [-0.2, -0.15) is 9.78 Å². The minimum atomic E-state index is -0.980. The van der Waals surface area contributed by atoms with Gasteiger partial charge in [-0.25, -0.2) is 9.78 Å². The average molecular weight is 615 g/mol. The van der Waals surface area contributed by atoms with E-state index < -0.39 is 5.97 Å². The molecular weight excluding hydrogens is 594 g/mol. The van der Waals surface area contributed by atoms with Gasteiger partial charge in [0.15, 0.2) is 11.5 Å². The molecule has 0 bridgehead atoms. The number of rotatable bonds is 8. The molecule has 184 valence electrons. The Morgan fingerprint density at radius 2 is 1.81 bits per heavy atom. The smallest absolute Gasteiger partial charge is 0.335 e. The summed E-state index contributed by atoms with van der Waals surface area (Å²) in [5.74, 6) is 0.496. The molecule has 0 saturated heterocycles. The molecule has 1 N–H and O–H groups in total. The zero-order chi connectivity index (χ0) is 25.8. The first-order chi connectivity index (χ1) is 17.3. The van der Waals surface area contributed by atoms with Gasteiger partial charge in [0, 0.05) is 14.5 Å². The van der Waals surface area contributed by atoms with E-state index >= 15 is 0 Å². The lowest BCUT2D eigenvalue weighted by atomic mass is 10.1. The van der Waals surface area contributed by atoms with Gasteiger partial charge in [-0.05, 0) is 77.8 Å². The molecule has 0 aliphatic heterocycles. The van der Waals surface area contributed by atoms with Crippen LogP contribution >= 0.6 is 31.9 Å². The molecule has 0 radical (unpaired) electrons. The van der Waals surface area contributed by atoms with E-state index in [0.717, 1.165) is 10.0 Å². The fraction of sp³-hybridized carbons (Fsp3) is 0.154. The lowest BCUT2D eigenvalue weighted by molar-refractivity contribution is 0.0697. The first-order valence-corrected chi connectivity index (χ1v) is 12.5. The predicted octanol–water partition coefficient (Wildman–Crippen LogP) is 5.79. The summed E-state index contributed by atoms with van der Waals surface area (Å²) in [7, 11) is 0. The number of aromatic nitrogens is 2. The molecule has 0 aliphatic carbocycles. The number of carbonyl (C=O) groups is 1. The van der Waals surface area contributed by atoms with Crippen LogP contribution in [-0.4, -0.2) is 33.6 Å². The normalized spacial score (nSPS) is 11.2. The van der Waals surface area contributed by atoms with E-state index in [0.29, 0.717) is 44.9 Å². The maximum Gasteiger partial charge on any atom is 0.335 e. The minimum Gasteiger partial charge on any atom is -0.490 e. The maximum atomic E-state index is 13.0. The van der Waals surface area contributed by atoms with Crippen molar-refractivity contribution in [1.82, 2.24) is 9.66 Å². The van der Waals surface area contributed by atoms with Crippen LogP contribution in [0.2, 0.25) is 0 Å². The fourth-order valence-corrected chi connectivity index (χ4v) is 4.24. The number of carboxylic acids is 1. The molecule has 8 nitrogen and oxygen atoms in total. The van der Waals surface area contributed by atoms with Crippen LogP contribution in [0.15, 0.2) is 73.4 Å². The van der Waals surface area contributed by atoms with Crippen molar-refractivity contribution >= 4 is 54.9 Å². The number of hydrogen-bond acceptors (Lipinski definition) is 6. The lowest BCUT2D eigenvalue weighted by Gasteiger charge is -2.14.